The van der Waals surface area contributed by atoms with Gasteiger partial charge in [0.1, 0.15) is 0 Å². The third-order valence-electron chi connectivity index (χ3n) is 3.76. The molecule has 0 aromatic carbocycles. The zero-order chi connectivity index (χ0) is 18.4. The van der Waals surface area contributed by atoms with E-state index in [2.05, 4.69) is 20.3 Å². The van der Waals surface area contributed by atoms with E-state index < -0.39 is 22.0 Å². The molecule has 0 saturated carbocycles. The van der Waals surface area contributed by atoms with Crippen molar-refractivity contribution in [2.24, 2.45) is 5.10 Å². The first-order valence-corrected chi connectivity index (χ1v) is 8.30. The third-order valence-corrected chi connectivity index (χ3v) is 5.07. The summed E-state index contributed by atoms with van der Waals surface area (Å²) >= 11 is 1.10. The molecular weight excluding hydrogens is 348 g/mol. The van der Waals surface area contributed by atoms with E-state index in [-0.39, 0.29) is 17.7 Å². The number of H-pyrrole nitrogens is 1. The highest BCUT2D eigenvalue weighted by molar-refractivity contribution is 8.02. The second-order valence-corrected chi connectivity index (χ2v) is 6.95. The number of fused-ring (bicyclic) bond motifs is 1. The minimum atomic E-state index is -1.05. The number of aromatic amines is 1. The van der Waals surface area contributed by atoms with Crippen molar-refractivity contribution in [2.75, 3.05) is 6.61 Å². The lowest BCUT2D eigenvalue weighted by atomic mass is 10.1. The van der Waals surface area contributed by atoms with Gasteiger partial charge in [-0.1, -0.05) is 11.8 Å². The molecule has 0 bridgehead atoms. The van der Waals surface area contributed by atoms with Crippen LogP contribution in [0.3, 0.4) is 0 Å². The Morgan fingerprint density at radius 3 is 2.72 bits per heavy atom. The standard InChI is InChI=1S/C14H16N6O4S/c1-5-24-10(22)14(4)8(3)18-20-11(16-17-13(20)25-14)19-9(21)6-7(2)15-12(19)23/h6H,5H2,1-4H3,(H,15,23). The van der Waals surface area contributed by atoms with Crippen LogP contribution in [0.25, 0.3) is 5.95 Å². The van der Waals surface area contributed by atoms with Crippen LogP contribution in [0.15, 0.2) is 25.9 Å². The lowest BCUT2D eigenvalue weighted by Gasteiger charge is -2.28. The Hall–Kier alpha value is -2.69. The molecule has 0 saturated heterocycles. The summed E-state index contributed by atoms with van der Waals surface area (Å²) in [7, 11) is 0. The molecule has 3 rings (SSSR count). The molecule has 1 unspecified atom stereocenters. The number of aromatic nitrogens is 5. The monoisotopic (exact) mass is 364 g/mol. The average molecular weight is 364 g/mol. The summed E-state index contributed by atoms with van der Waals surface area (Å²) in [5.41, 5.74) is -0.306. The van der Waals surface area contributed by atoms with E-state index in [9.17, 15) is 14.4 Å². The second-order valence-electron chi connectivity index (χ2n) is 5.57. The lowest BCUT2D eigenvalue weighted by Crippen LogP contribution is -2.43. The molecule has 2 aromatic heterocycles. The molecule has 0 fully saturated rings. The molecule has 1 aliphatic rings. The van der Waals surface area contributed by atoms with Gasteiger partial charge in [0.25, 0.3) is 11.5 Å². The molecule has 0 aliphatic carbocycles. The number of ether oxygens (including phenoxy) is 1. The molecule has 1 N–H and O–H groups in total. The zero-order valence-corrected chi connectivity index (χ0v) is 14.9. The Bertz CT molecular complexity index is 972. The predicted octanol–water partition coefficient (Wildman–Crippen LogP) is 0.0772. The van der Waals surface area contributed by atoms with Crippen LogP contribution in [0, 0.1) is 6.92 Å². The first kappa shape index (κ1) is 17.1. The maximum Gasteiger partial charge on any atom is 0.335 e. The quantitative estimate of drug-likeness (QED) is 0.765. The molecule has 11 heteroatoms. The fraction of sp³-hybridized carbons (Fsp3) is 0.429. The van der Waals surface area contributed by atoms with Crippen LogP contribution >= 0.6 is 11.8 Å². The van der Waals surface area contributed by atoms with Crippen LogP contribution < -0.4 is 11.2 Å². The van der Waals surface area contributed by atoms with E-state index in [1.165, 1.54) is 10.7 Å². The highest BCUT2D eigenvalue weighted by Crippen LogP contribution is 2.38. The number of nitrogens with zero attached hydrogens (tertiary/aromatic N) is 5. The Kier molecular flexibility index (Phi) is 4.11. The molecule has 2 aromatic rings. The topological polar surface area (TPSA) is 124 Å². The highest BCUT2D eigenvalue weighted by Gasteiger charge is 2.44. The van der Waals surface area contributed by atoms with Crippen LogP contribution in [0.5, 0.6) is 0 Å². The number of hydrogen-bond donors (Lipinski definition) is 1. The fourth-order valence-corrected chi connectivity index (χ4v) is 3.29. The number of rotatable bonds is 3. The minimum absolute atomic E-state index is 0.0426. The Morgan fingerprint density at radius 1 is 1.36 bits per heavy atom. The predicted molar refractivity (Wildman–Crippen MR) is 90.4 cm³/mol. The van der Waals surface area contributed by atoms with Crippen molar-refractivity contribution in [3.63, 3.8) is 0 Å². The van der Waals surface area contributed by atoms with Crippen molar-refractivity contribution in [1.82, 2.24) is 24.4 Å². The number of carbonyl (C=O) groups is 1. The van der Waals surface area contributed by atoms with Gasteiger partial charge in [-0.2, -0.15) is 14.3 Å². The number of nitrogens with one attached hydrogen (secondary N) is 1. The first-order chi connectivity index (χ1) is 11.8. The van der Waals surface area contributed by atoms with E-state index >= 15 is 0 Å². The van der Waals surface area contributed by atoms with E-state index in [1.54, 1.807) is 27.7 Å². The molecule has 10 nitrogen and oxygen atoms in total. The zero-order valence-electron chi connectivity index (χ0n) is 14.1. The van der Waals surface area contributed by atoms with Crippen LogP contribution in [-0.4, -0.2) is 47.5 Å². The van der Waals surface area contributed by atoms with Gasteiger partial charge in [0, 0.05) is 11.8 Å². The number of carbonyl (C=O) groups excluding carboxylic acids is 1. The van der Waals surface area contributed by atoms with Gasteiger partial charge in [0.2, 0.25) is 5.16 Å². The summed E-state index contributed by atoms with van der Waals surface area (Å²) < 4.78 is 6.16. The highest BCUT2D eigenvalue weighted by atomic mass is 32.2. The van der Waals surface area contributed by atoms with E-state index in [0.29, 0.717) is 11.4 Å². The van der Waals surface area contributed by atoms with Gasteiger partial charge in [0.05, 0.1) is 12.3 Å². The lowest BCUT2D eigenvalue weighted by molar-refractivity contribution is -0.143. The molecule has 0 amide bonds. The Labute approximate surface area is 145 Å². The normalized spacial score (nSPS) is 19.3. The summed E-state index contributed by atoms with van der Waals surface area (Å²) in [6.07, 6.45) is 0. The average Bonchev–Trinajstić information content (AvgIpc) is 2.89. The summed E-state index contributed by atoms with van der Waals surface area (Å²) in [6.45, 7) is 6.91. The van der Waals surface area contributed by atoms with Crippen LogP contribution in [-0.2, 0) is 9.53 Å². The smallest absolute Gasteiger partial charge is 0.335 e. The molecule has 0 radical (unpaired) electrons. The minimum Gasteiger partial charge on any atom is -0.465 e. The summed E-state index contributed by atoms with van der Waals surface area (Å²) in [5, 5.41) is 12.5. The second kappa shape index (κ2) is 5.99. The van der Waals surface area contributed by atoms with E-state index in [1.807, 2.05) is 0 Å². The molecule has 1 atom stereocenters. The van der Waals surface area contributed by atoms with E-state index in [4.69, 9.17) is 4.74 Å². The van der Waals surface area contributed by atoms with Gasteiger partial charge in [-0.3, -0.25) is 9.59 Å². The molecule has 1 aliphatic heterocycles. The molecule has 0 spiro atoms. The van der Waals surface area contributed by atoms with Crippen molar-refractivity contribution >= 4 is 23.4 Å². The largest absolute Gasteiger partial charge is 0.465 e. The maximum atomic E-state index is 12.3. The van der Waals surface area contributed by atoms with Gasteiger partial charge in [-0.25, -0.2) is 4.79 Å². The van der Waals surface area contributed by atoms with Crippen molar-refractivity contribution in [3.05, 3.63) is 32.6 Å². The number of thioether (sulfide) groups is 1. The van der Waals surface area contributed by atoms with Crippen LogP contribution in [0.1, 0.15) is 26.5 Å². The maximum absolute atomic E-state index is 12.3. The number of aryl methyl sites for hydroxylation is 1. The van der Waals surface area contributed by atoms with Crippen molar-refractivity contribution < 1.29 is 9.53 Å². The van der Waals surface area contributed by atoms with Gasteiger partial charge in [-0.15, -0.1) is 10.2 Å². The number of esters is 1. The summed E-state index contributed by atoms with van der Waals surface area (Å²) in [5.74, 6) is -0.485. The van der Waals surface area contributed by atoms with E-state index in [0.717, 1.165) is 16.3 Å². The Morgan fingerprint density at radius 2 is 2.08 bits per heavy atom. The van der Waals surface area contributed by atoms with Crippen molar-refractivity contribution in [2.45, 2.75) is 37.6 Å². The van der Waals surface area contributed by atoms with Gasteiger partial charge < -0.3 is 9.72 Å². The van der Waals surface area contributed by atoms with Crippen molar-refractivity contribution in [1.29, 1.82) is 0 Å². The van der Waals surface area contributed by atoms with Gasteiger partial charge in [0.15, 0.2) is 4.75 Å². The van der Waals surface area contributed by atoms with Crippen LogP contribution in [0.4, 0.5) is 0 Å². The van der Waals surface area contributed by atoms with Crippen LogP contribution in [0.2, 0.25) is 0 Å². The summed E-state index contributed by atoms with van der Waals surface area (Å²) in [4.78, 5) is 39.1. The molecule has 25 heavy (non-hydrogen) atoms. The Balaban J connectivity index is 2.13. The fourth-order valence-electron chi connectivity index (χ4n) is 2.31. The SMILES string of the molecule is CCOC(=O)C1(C)Sc2nnc(-n3c(=O)cc(C)[nH]c3=O)n2N=C1C. The van der Waals surface area contributed by atoms with Gasteiger partial charge in [-0.05, 0) is 27.7 Å². The van der Waals surface area contributed by atoms with Gasteiger partial charge >= 0.3 is 11.7 Å². The third kappa shape index (κ3) is 2.69. The molecular formula is C14H16N6O4S. The number of hydrogen-bond acceptors (Lipinski definition) is 8. The first-order valence-electron chi connectivity index (χ1n) is 7.49. The summed E-state index contributed by atoms with van der Waals surface area (Å²) in [6, 6.07) is 1.28. The van der Waals surface area contributed by atoms with Crippen molar-refractivity contribution in [3.8, 4) is 5.95 Å². The molecule has 3 heterocycles. The molecule has 132 valence electrons.